The normalized spacial score (nSPS) is 13.0. The SMILES string of the molecule is CC(C)C(=O)NC(COCc1cn(CC(NC(=O)C(C)C)c2ccccc2)nn1)c1ccccc1. The molecule has 0 fully saturated rings. The van der Waals surface area contributed by atoms with Crippen molar-refractivity contribution in [3.63, 3.8) is 0 Å². The summed E-state index contributed by atoms with van der Waals surface area (Å²) < 4.78 is 7.63. The minimum Gasteiger partial charge on any atom is -0.373 e. The van der Waals surface area contributed by atoms with E-state index in [9.17, 15) is 9.59 Å². The van der Waals surface area contributed by atoms with Crippen molar-refractivity contribution in [2.45, 2.75) is 52.9 Å². The van der Waals surface area contributed by atoms with Gasteiger partial charge in [-0.3, -0.25) is 9.59 Å². The van der Waals surface area contributed by atoms with Crippen LogP contribution >= 0.6 is 0 Å². The lowest BCUT2D eigenvalue weighted by Crippen LogP contribution is -2.34. The van der Waals surface area contributed by atoms with Crippen LogP contribution in [0.15, 0.2) is 66.9 Å². The van der Waals surface area contributed by atoms with Crippen molar-refractivity contribution in [3.05, 3.63) is 83.7 Å². The minimum absolute atomic E-state index is 0.0158. The minimum atomic E-state index is -0.255. The van der Waals surface area contributed by atoms with E-state index in [0.717, 1.165) is 11.1 Å². The Balaban J connectivity index is 1.61. The van der Waals surface area contributed by atoms with E-state index in [0.29, 0.717) is 18.8 Å². The van der Waals surface area contributed by atoms with Crippen LogP contribution in [-0.2, 0) is 27.5 Å². The summed E-state index contributed by atoms with van der Waals surface area (Å²) in [6.45, 7) is 8.49. The first-order chi connectivity index (χ1) is 16.8. The van der Waals surface area contributed by atoms with E-state index in [4.69, 9.17) is 4.74 Å². The van der Waals surface area contributed by atoms with Crippen molar-refractivity contribution in [3.8, 4) is 0 Å². The van der Waals surface area contributed by atoms with Gasteiger partial charge < -0.3 is 15.4 Å². The molecule has 35 heavy (non-hydrogen) atoms. The number of aromatic nitrogens is 3. The van der Waals surface area contributed by atoms with Crippen molar-refractivity contribution < 1.29 is 14.3 Å². The van der Waals surface area contributed by atoms with Crippen molar-refractivity contribution in [2.24, 2.45) is 11.8 Å². The Morgan fingerprint density at radius 1 is 0.829 bits per heavy atom. The Morgan fingerprint density at radius 3 is 1.89 bits per heavy atom. The molecule has 2 unspecified atom stereocenters. The van der Waals surface area contributed by atoms with Crippen LogP contribution in [0.5, 0.6) is 0 Å². The highest BCUT2D eigenvalue weighted by molar-refractivity contribution is 5.78. The van der Waals surface area contributed by atoms with Crippen molar-refractivity contribution in [2.75, 3.05) is 6.61 Å². The maximum Gasteiger partial charge on any atom is 0.223 e. The lowest BCUT2D eigenvalue weighted by atomic mass is 10.1. The topological polar surface area (TPSA) is 98.1 Å². The molecule has 2 amide bonds. The number of amides is 2. The van der Waals surface area contributed by atoms with E-state index in [-0.39, 0.29) is 42.3 Å². The third-order valence-corrected chi connectivity index (χ3v) is 5.58. The van der Waals surface area contributed by atoms with Crippen LogP contribution in [-0.4, -0.2) is 33.4 Å². The number of benzene rings is 2. The third-order valence-electron chi connectivity index (χ3n) is 5.58. The molecule has 0 aliphatic carbocycles. The van der Waals surface area contributed by atoms with Gasteiger partial charge in [-0.05, 0) is 11.1 Å². The highest BCUT2D eigenvalue weighted by Crippen LogP contribution is 2.17. The second-order valence-corrected chi connectivity index (χ2v) is 9.20. The molecule has 2 atom stereocenters. The Morgan fingerprint density at radius 2 is 1.34 bits per heavy atom. The van der Waals surface area contributed by atoms with E-state index in [1.165, 1.54) is 0 Å². The largest absolute Gasteiger partial charge is 0.373 e. The fourth-order valence-electron chi connectivity index (χ4n) is 3.47. The van der Waals surface area contributed by atoms with Crippen LogP contribution in [0, 0.1) is 11.8 Å². The number of hydrogen-bond donors (Lipinski definition) is 2. The van der Waals surface area contributed by atoms with E-state index in [1.54, 1.807) is 4.68 Å². The summed E-state index contributed by atoms with van der Waals surface area (Å²) in [7, 11) is 0. The fraction of sp³-hybridized carbons (Fsp3) is 0.407. The molecule has 8 nitrogen and oxygen atoms in total. The summed E-state index contributed by atoms with van der Waals surface area (Å²) in [4.78, 5) is 24.6. The molecule has 2 N–H and O–H groups in total. The van der Waals surface area contributed by atoms with Gasteiger partial charge in [0.05, 0.1) is 38.0 Å². The Kier molecular flexibility index (Phi) is 9.55. The number of rotatable bonds is 12. The summed E-state index contributed by atoms with van der Waals surface area (Å²) >= 11 is 0. The third kappa shape index (κ3) is 8.03. The van der Waals surface area contributed by atoms with E-state index in [1.807, 2.05) is 94.6 Å². The zero-order chi connectivity index (χ0) is 25.2. The van der Waals surface area contributed by atoms with Crippen molar-refractivity contribution in [1.29, 1.82) is 0 Å². The summed E-state index contributed by atoms with van der Waals surface area (Å²) in [5, 5.41) is 14.6. The van der Waals surface area contributed by atoms with Gasteiger partial charge in [0.15, 0.2) is 0 Å². The summed E-state index contributed by atoms with van der Waals surface area (Å²) in [6, 6.07) is 19.1. The van der Waals surface area contributed by atoms with Crippen LogP contribution in [0.4, 0.5) is 0 Å². The molecule has 0 aliphatic heterocycles. The zero-order valence-electron chi connectivity index (χ0n) is 20.8. The van der Waals surface area contributed by atoms with Crippen LogP contribution in [0.25, 0.3) is 0 Å². The zero-order valence-corrected chi connectivity index (χ0v) is 20.8. The molecular formula is C27H35N5O3. The first-order valence-electron chi connectivity index (χ1n) is 12.0. The van der Waals surface area contributed by atoms with E-state index < -0.39 is 0 Å². The first-order valence-corrected chi connectivity index (χ1v) is 12.0. The highest BCUT2D eigenvalue weighted by Gasteiger charge is 2.19. The molecule has 1 aromatic heterocycles. The molecule has 186 valence electrons. The summed E-state index contributed by atoms with van der Waals surface area (Å²) in [6.07, 6.45) is 1.82. The molecule has 0 saturated heterocycles. The second-order valence-electron chi connectivity index (χ2n) is 9.20. The molecule has 3 rings (SSSR count). The Bertz CT molecular complexity index is 1070. The predicted molar refractivity (Wildman–Crippen MR) is 134 cm³/mol. The standard InChI is InChI=1S/C27H35N5O3/c1-19(2)26(33)28-24(21-11-7-5-8-12-21)16-32-15-23(30-31-32)17-35-18-25(29-27(34)20(3)4)22-13-9-6-10-14-22/h5-15,19-20,24-25H,16-18H2,1-4H3,(H,28,33)(H,29,34). The number of carbonyl (C=O) groups excluding carboxylic acids is 2. The molecule has 0 spiro atoms. The Hall–Kier alpha value is -3.52. The predicted octanol–water partition coefficient (Wildman–Crippen LogP) is 3.82. The summed E-state index contributed by atoms with van der Waals surface area (Å²) in [5.41, 5.74) is 2.66. The van der Waals surface area contributed by atoms with Gasteiger partial charge in [-0.15, -0.1) is 5.10 Å². The van der Waals surface area contributed by atoms with Crippen molar-refractivity contribution >= 4 is 11.8 Å². The lowest BCUT2D eigenvalue weighted by Gasteiger charge is -2.20. The maximum absolute atomic E-state index is 12.4. The van der Waals surface area contributed by atoms with Crippen molar-refractivity contribution in [1.82, 2.24) is 25.6 Å². The van der Waals surface area contributed by atoms with E-state index >= 15 is 0 Å². The summed E-state index contributed by atoms with van der Waals surface area (Å²) in [5.74, 6) is -0.272. The van der Waals surface area contributed by atoms with Gasteiger partial charge in [0.25, 0.3) is 0 Å². The Labute approximate surface area is 207 Å². The molecule has 0 bridgehead atoms. The second kappa shape index (κ2) is 12.8. The van der Waals surface area contributed by atoms with Crippen LogP contribution < -0.4 is 10.6 Å². The first kappa shape index (κ1) is 26.1. The molecule has 0 radical (unpaired) electrons. The maximum atomic E-state index is 12.4. The van der Waals surface area contributed by atoms with Gasteiger partial charge in [-0.25, -0.2) is 4.68 Å². The van der Waals surface area contributed by atoms with Gasteiger partial charge in [0.2, 0.25) is 11.8 Å². The van der Waals surface area contributed by atoms with Gasteiger partial charge >= 0.3 is 0 Å². The molecule has 2 aromatic carbocycles. The van der Waals surface area contributed by atoms with Crippen LogP contribution in [0.2, 0.25) is 0 Å². The fourth-order valence-corrected chi connectivity index (χ4v) is 3.47. The van der Waals surface area contributed by atoms with Gasteiger partial charge in [-0.1, -0.05) is 93.6 Å². The molecule has 0 aliphatic rings. The molecule has 1 heterocycles. The smallest absolute Gasteiger partial charge is 0.223 e. The molecular weight excluding hydrogens is 442 g/mol. The van der Waals surface area contributed by atoms with Crippen LogP contribution in [0.1, 0.15) is 56.6 Å². The molecule has 0 saturated carbocycles. The number of nitrogens with one attached hydrogen (secondary N) is 2. The lowest BCUT2D eigenvalue weighted by molar-refractivity contribution is -0.125. The molecule has 3 aromatic rings. The average molecular weight is 478 g/mol. The number of ether oxygens (including phenoxy) is 1. The van der Waals surface area contributed by atoms with Crippen LogP contribution in [0.3, 0.4) is 0 Å². The van der Waals surface area contributed by atoms with E-state index in [2.05, 4.69) is 20.9 Å². The van der Waals surface area contributed by atoms with Gasteiger partial charge in [-0.2, -0.15) is 0 Å². The quantitative estimate of drug-likeness (QED) is 0.413. The number of nitrogens with zero attached hydrogens (tertiary/aromatic N) is 3. The molecule has 8 heteroatoms. The number of carbonyl (C=O) groups is 2. The van der Waals surface area contributed by atoms with Gasteiger partial charge in [0, 0.05) is 11.8 Å². The monoisotopic (exact) mass is 477 g/mol. The number of hydrogen-bond acceptors (Lipinski definition) is 5. The highest BCUT2D eigenvalue weighted by atomic mass is 16.5. The van der Waals surface area contributed by atoms with Gasteiger partial charge in [0.1, 0.15) is 5.69 Å². The average Bonchev–Trinajstić information content (AvgIpc) is 3.31.